The lowest BCUT2D eigenvalue weighted by Crippen LogP contribution is -2.40. The van der Waals surface area contributed by atoms with Gasteiger partial charge in [-0.25, -0.2) is 52.2 Å². The summed E-state index contributed by atoms with van der Waals surface area (Å²) in [7, 11) is 0. The maximum absolute atomic E-state index is 15.4. The monoisotopic (exact) mass is 1500 g/mol. The Morgan fingerprint density at radius 3 is 1.25 bits per heavy atom. The van der Waals surface area contributed by atoms with E-state index in [0.717, 1.165) is 114 Å². The lowest BCUT2D eigenvalue weighted by molar-refractivity contribution is 0.669. The van der Waals surface area contributed by atoms with Crippen molar-refractivity contribution in [1.82, 2.24) is 56.7 Å². The normalized spacial score (nSPS) is 11.8. The molecule has 0 bridgehead atoms. The lowest BCUT2D eigenvalue weighted by Gasteiger charge is -2.16. The second-order valence-electron chi connectivity index (χ2n) is 28.7. The first-order valence-electron chi connectivity index (χ1n) is 38.0. The minimum atomic E-state index is -0.770. The van der Waals surface area contributed by atoms with Crippen LogP contribution in [0.15, 0.2) is 388 Å². The number of hydrogen-bond acceptors (Lipinski definition) is 10. The summed E-state index contributed by atoms with van der Waals surface area (Å²) in [5.74, 6) is 1.84. The highest BCUT2D eigenvalue weighted by Crippen LogP contribution is 2.42. The highest BCUT2D eigenvalue weighted by molar-refractivity contribution is 6.14. The van der Waals surface area contributed by atoms with Crippen LogP contribution in [0.4, 0.5) is 0 Å². The molecule has 22 rings (SSSR count). The minimum Gasteiger partial charge on any atom is -0.456 e. The van der Waals surface area contributed by atoms with Gasteiger partial charge in [0.25, 0.3) is 0 Å². The Morgan fingerprint density at radius 1 is 0.224 bits per heavy atom. The first-order valence-corrected chi connectivity index (χ1v) is 38.0. The van der Waals surface area contributed by atoms with Gasteiger partial charge in [-0.1, -0.05) is 224 Å². The molecule has 0 atom stereocenters. The zero-order chi connectivity index (χ0) is 77.2. The largest absolute Gasteiger partial charge is 0.456 e. The third-order valence-corrected chi connectivity index (χ3v) is 22.0. The molecule has 0 N–H and O–H groups in total. The van der Waals surface area contributed by atoms with Crippen molar-refractivity contribution < 1.29 is 4.42 Å². The molecular formula is C99H60N12O5. The van der Waals surface area contributed by atoms with Crippen molar-refractivity contribution in [1.29, 1.82) is 0 Å². The van der Waals surface area contributed by atoms with Gasteiger partial charge >= 0.3 is 22.8 Å². The van der Waals surface area contributed by atoms with Crippen LogP contribution in [0.3, 0.4) is 0 Å². The molecule has 0 saturated carbocycles. The van der Waals surface area contributed by atoms with E-state index in [9.17, 15) is 9.59 Å². The standard InChI is InChI=1S/C99H60N12O5/c112-96-103-94(69-28-21-35-74(56-69)106-83-41-19-17-38-77(83)80-58-66(46-52-85(80)106)65-45-51-84-79(57-65)76-37-16-18-40-82(76)105(84)70-29-10-3-11-30-70)108(72-33-14-5-15-34-72)98(114)109(96)73-49-43-61(44-50-73)68-47-53-86-87(60-68)107(71-31-12-4-13-32-71)95-104-97(113)110(99(115)111(86)95)75-36-20-27-64(55-75)67-48-54-88-81(59-67)90-78(39-22-42-89(90)116-88)93-101-91(62-23-6-1-7-24-62)100-92(102-93)63-25-8-2-9-26-63/h1-60H. The van der Waals surface area contributed by atoms with Gasteiger partial charge in [-0.3, -0.25) is 4.57 Å². The Morgan fingerprint density at radius 2 is 0.638 bits per heavy atom. The molecule has 15 aromatic carbocycles. The van der Waals surface area contributed by atoms with Crippen molar-refractivity contribution >= 4 is 82.4 Å². The molecule has 0 aliphatic carbocycles. The van der Waals surface area contributed by atoms with Crippen LogP contribution in [-0.4, -0.2) is 56.7 Å². The van der Waals surface area contributed by atoms with Gasteiger partial charge in [-0.05, 0) is 173 Å². The van der Waals surface area contributed by atoms with E-state index >= 15 is 9.59 Å². The predicted molar refractivity (Wildman–Crippen MR) is 460 cm³/mol. The highest BCUT2D eigenvalue weighted by atomic mass is 16.3. The number of benzene rings is 15. The first-order chi connectivity index (χ1) is 57.2. The minimum absolute atomic E-state index is 0.117. The Bertz CT molecular complexity index is 7990. The molecule has 0 radical (unpaired) electrons. The van der Waals surface area contributed by atoms with Gasteiger partial charge in [0.05, 0.1) is 50.2 Å². The average molecular weight is 1500 g/mol. The van der Waals surface area contributed by atoms with Gasteiger partial charge in [-0.15, -0.1) is 0 Å². The fourth-order valence-electron chi connectivity index (χ4n) is 16.7. The summed E-state index contributed by atoms with van der Waals surface area (Å²) in [6.45, 7) is 0. The summed E-state index contributed by atoms with van der Waals surface area (Å²) in [4.78, 5) is 84.9. The Balaban J connectivity index is 0.598. The van der Waals surface area contributed by atoms with Crippen molar-refractivity contribution in [2.75, 3.05) is 0 Å². The van der Waals surface area contributed by atoms with Gasteiger partial charge in [0.15, 0.2) is 23.3 Å². The van der Waals surface area contributed by atoms with Crippen molar-refractivity contribution in [3.63, 3.8) is 0 Å². The molecule has 116 heavy (non-hydrogen) atoms. The summed E-state index contributed by atoms with van der Waals surface area (Å²) in [5, 5.41) is 6.13. The van der Waals surface area contributed by atoms with E-state index in [1.54, 1.807) is 22.8 Å². The third kappa shape index (κ3) is 10.9. The number of nitrogens with zero attached hydrogens (tertiary/aromatic N) is 12. The highest BCUT2D eigenvalue weighted by Gasteiger charge is 2.26. The average Bonchev–Trinajstić information content (AvgIpc) is 1.56. The van der Waals surface area contributed by atoms with Crippen molar-refractivity contribution in [2.24, 2.45) is 0 Å². The smallest absolute Gasteiger partial charge is 0.359 e. The Hall–Kier alpha value is -16.3. The lowest BCUT2D eigenvalue weighted by atomic mass is 10.00. The number of imidazole rings is 1. The molecule has 0 aliphatic rings. The number of rotatable bonds is 13. The number of fused-ring (bicyclic) bond motifs is 12. The van der Waals surface area contributed by atoms with E-state index in [2.05, 4.69) is 112 Å². The molecule has 17 nitrogen and oxygen atoms in total. The SMILES string of the molecule is O=c1nc(-c2cccc(-n3c4ccccc4c4cc(-c5ccc6c(c5)c5ccccc5n6-c5ccccc5)ccc43)c2)n(-c2ccccc2)c(=O)n1-c1ccc(-c2ccc3c(c2)n(-c2ccccc2)c2nc(=O)n(-c4cccc(-c5ccc6oc7cccc(-c8nc(-c9ccccc9)nc(-c9ccccc9)n8)c7c6c5)c4)c(=O)n32)cc1. The van der Waals surface area contributed by atoms with Gasteiger partial charge in [0, 0.05) is 71.6 Å². The summed E-state index contributed by atoms with van der Waals surface area (Å²) < 4.78 is 18.0. The molecule has 0 saturated heterocycles. The van der Waals surface area contributed by atoms with E-state index in [0.29, 0.717) is 68.0 Å². The van der Waals surface area contributed by atoms with Crippen molar-refractivity contribution in [2.45, 2.75) is 0 Å². The van der Waals surface area contributed by atoms with Crippen molar-refractivity contribution in [3.05, 3.63) is 406 Å². The van der Waals surface area contributed by atoms with Gasteiger partial charge in [0.1, 0.15) is 11.2 Å². The molecule has 0 unspecified atom stereocenters. The number of para-hydroxylation sites is 5. The zero-order valence-corrected chi connectivity index (χ0v) is 61.5. The molecule has 0 aliphatic heterocycles. The van der Waals surface area contributed by atoms with E-state index in [1.165, 1.54) is 19.7 Å². The van der Waals surface area contributed by atoms with Gasteiger partial charge in [-0.2, -0.15) is 9.97 Å². The summed E-state index contributed by atoms with van der Waals surface area (Å²) in [6.07, 6.45) is 0. The van der Waals surface area contributed by atoms with Crippen LogP contribution in [0, 0.1) is 0 Å². The van der Waals surface area contributed by atoms with Crippen LogP contribution in [0.25, 0.3) is 195 Å². The van der Waals surface area contributed by atoms with Gasteiger partial charge in [0.2, 0.25) is 5.78 Å². The summed E-state index contributed by atoms with van der Waals surface area (Å²) in [6, 6.07) is 119. The number of hydrogen-bond donors (Lipinski definition) is 0. The fraction of sp³-hybridized carbons (Fsp3) is 0. The van der Waals surface area contributed by atoms with Crippen LogP contribution in [0.2, 0.25) is 0 Å². The number of furan rings is 1. The number of aromatic nitrogens is 12. The van der Waals surface area contributed by atoms with E-state index in [1.807, 2.05) is 243 Å². The predicted octanol–water partition coefficient (Wildman–Crippen LogP) is 20.4. The second-order valence-corrected chi connectivity index (χ2v) is 28.7. The molecule has 0 fully saturated rings. The van der Waals surface area contributed by atoms with Crippen LogP contribution in [-0.2, 0) is 0 Å². The van der Waals surface area contributed by atoms with Crippen LogP contribution >= 0.6 is 0 Å². The maximum atomic E-state index is 15.4. The van der Waals surface area contributed by atoms with Crippen LogP contribution in [0.5, 0.6) is 0 Å². The molecule has 0 spiro atoms. The quantitative estimate of drug-likeness (QED) is 0.108. The molecule has 17 heteroatoms. The maximum Gasteiger partial charge on any atom is 0.359 e. The fourth-order valence-corrected chi connectivity index (χ4v) is 16.7. The second kappa shape index (κ2) is 26.8. The van der Waals surface area contributed by atoms with Crippen LogP contribution < -0.4 is 22.8 Å². The molecule has 7 heterocycles. The summed E-state index contributed by atoms with van der Waals surface area (Å²) >= 11 is 0. The third-order valence-electron chi connectivity index (χ3n) is 22.0. The molecule has 546 valence electrons. The Labute approximate surface area is 658 Å². The Kier molecular flexibility index (Phi) is 15.4. The van der Waals surface area contributed by atoms with Crippen LogP contribution in [0.1, 0.15) is 0 Å². The zero-order valence-electron chi connectivity index (χ0n) is 61.5. The van der Waals surface area contributed by atoms with E-state index in [-0.39, 0.29) is 11.6 Å². The van der Waals surface area contributed by atoms with Crippen molar-refractivity contribution in [3.8, 4) is 113 Å². The van der Waals surface area contributed by atoms with E-state index in [4.69, 9.17) is 29.3 Å². The van der Waals surface area contributed by atoms with Gasteiger partial charge < -0.3 is 13.6 Å². The van der Waals surface area contributed by atoms with E-state index < -0.39 is 22.8 Å². The first kappa shape index (κ1) is 66.7. The summed E-state index contributed by atoms with van der Waals surface area (Å²) in [5.41, 5.74) is 15.8. The topological polar surface area (TPSA) is 180 Å². The molecule has 22 aromatic rings. The molecule has 0 amide bonds. The molecular weight excluding hydrogens is 1440 g/mol. The molecule has 7 aromatic heterocycles.